The first-order valence-corrected chi connectivity index (χ1v) is 7.63. The van der Waals surface area contributed by atoms with E-state index in [0.717, 1.165) is 22.8 Å². The Labute approximate surface area is 140 Å². The summed E-state index contributed by atoms with van der Waals surface area (Å²) in [4.78, 5) is 1.95. The lowest BCUT2D eigenvalue weighted by Crippen LogP contribution is -2.15. The fourth-order valence-electron chi connectivity index (χ4n) is 2.56. The molecule has 1 aromatic heterocycles. The molecule has 0 aliphatic heterocycles. The van der Waals surface area contributed by atoms with Crippen LogP contribution in [0.4, 0.5) is 11.6 Å². The Kier molecular flexibility index (Phi) is 4.37. The maximum Gasteiger partial charge on any atom is 0.231 e. The summed E-state index contributed by atoms with van der Waals surface area (Å²) in [5.41, 5.74) is 1.78. The van der Waals surface area contributed by atoms with Crippen LogP contribution < -0.4 is 9.64 Å². The monoisotopic (exact) mass is 324 g/mol. The Morgan fingerprint density at radius 1 is 1.12 bits per heavy atom. The first kappa shape index (κ1) is 15.9. The van der Waals surface area contributed by atoms with Crippen molar-refractivity contribution in [2.75, 3.05) is 19.1 Å². The van der Waals surface area contributed by atoms with E-state index < -0.39 is 0 Å². The molecule has 0 saturated carbocycles. The van der Waals surface area contributed by atoms with E-state index in [1.165, 1.54) is 0 Å². The highest BCUT2D eigenvalue weighted by Gasteiger charge is 2.15. The highest BCUT2D eigenvalue weighted by Crippen LogP contribution is 2.26. The predicted molar refractivity (Wildman–Crippen MR) is 93.0 cm³/mol. The molecule has 6 nitrogen and oxygen atoms in total. The number of phenols is 1. The summed E-state index contributed by atoms with van der Waals surface area (Å²) in [6, 6.07) is 15.0. The van der Waals surface area contributed by atoms with Crippen molar-refractivity contribution in [3.63, 3.8) is 0 Å². The van der Waals surface area contributed by atoms with Crippen LogP contribution in [0.25, 0.3) is 0 Å². The Balaban J connectivity index is 1.88. The average molecular weight is 324 g/mol. The van der Waals surface area contributed by atoms with Crippen LogP contribution in [0.2, 0.25) is 0 Å². The lowest BCUT2D eigenvalue weighted by molar-refractivity contribution is 0.415. The first-order chi connectivity index (χ1) is 11.6. The van der Waals surface area contributed by atoms with Crippen molar-refractivity contribution in [1.29, 1.82) is 0 Å². The van der Waals surface area contributed by atoms with E-state index in [0.29, 0.717) is 12.4 Å². The summed E-state index contributed by atoms with van der Waals surface area (Å²) in [6.07, 6.45) is 0.516. The quantitative estimate of drug-likeness (QED) is 0.782. The molecule has 1 heterocycles. The van der Waals surface area contributed by atoms with Gasteiger partial charge >= 0.3 is 0 Å². The van der Waals surface area contributed by atoms with Gasteiger partial charge in [0.25, 0.3) is 0 Å². The SMILES string of the molecule is COc1cccc(N(C)c2nnc(Cc3ccccc3O)n2C)c1. The van der Waals surface area contributed by atoms with E-state index in [4.69, 9.17) is 4.74 Å². The zero-order valence-corrected chi connectivity index (χ0v) is 14.0. The van der Waals surface area contributed by atoms with E-state index in [1.807, 2.05) is 60.0 Å². The van der Waals surface area contributed by atoms with Gasteiger partial charge in [-0.15, -0.1) is 10.2 Å². The van der Waals surface area contributed by atoms with E-state index >= 15 is 0 Å². The molecule has 3 aromatic rings. The number of nitrogens with zero attached hydrogens (tertiary/aromatic N) is 4. The van der Waals surface area contributed by atoms with Crippen LogP contribution in [0.15, 0.2) is 48.5 Å². The first-order valence-electron chi connectivity index (χ1n) is 7.63. The maximum atomic E-state index is 9.93. The van der Waals surface area contributed by atoms with Gasteiger partial charge < -0.3 is 14.7 Å². The van der Waals surface area contributed by atoms with Crippen molar-refractivity contribution in [2.45, 2.75) is 6.42 Å². The van der Waals surface area contributed by atoms with Crippen molar-refractivity contribution >= 4 is 11.6 Å². The molecule has 0 saturated heterocycles. The van der Waals surface area contributed by atoms with Gasteiger partial charge in [0.1, 0.15) is 17.3 Å². The number of hydrogen-bond acceptors (Lipinski definition) is 5. The number of aromatic nitrogens is 3. The molecule has 3 rings (SSSR count). The van der Waals surface area contributed by atoms with Gasteiger partial charge in [-0.3, -0.25) is 4.57 Å². The highest BCUT2D eigenvalue weighted by molar-refractivity contribution is 5.58. The average Bonchev–Trinajstić information content (AvgIpc) is 2.97. The van der Waals surface area contributed by atoms with Gasteiger partial charge in [-0.05, 0) is 18.2 Å². The number of rotatable bonds is 5. The van der Waals surface area contributed by atoms with Crippen LogP contribution in [0.3, 0.4) is 0 Å². The van der Waals surface area contributed by atoms with Gasteiger partial charge in [0.15, 0.2) is 0 Å². The van der Waals surface area contributed by atoms with Crippen molar-refractivity contribution in [1.82, 2.24) is 14.8 Å². The molecule has 24 heavy (non-hydrogen) atoms. The lowest BCUT2D eigenvalue weighted by Gasteiger charge is -2.18. The number of methoxy groups -OCH3 is 1. The van der Waals surface area contributed by atoms with E-state index in [1.54, 1.807) is 19.2 Å². The molecule has 0 bridgehead atoms. The fourth-order valence-corrected chi connectivity index (χ4v) is 2.56. The van der Waals surface area contributed by atoms with E-state index in [-0.39, 0.29) is 5.75 Å². The minimum Gasteiger partial charge on any atom is -0.508 e. The molecule has 2 aromatic carbocycles. The Morgan fingerprint density at radius 3 is 2.67 bits per heavy atom. The third kappa shape index (κ3) is 3.03. The maximum absolute atomic E-state index is 9.93. The summed E-state index contributed by atoms with van der Waals surface area (Å²) in [6.45, 7) is 0. The van der Waals surface area contributed by atoms with Crippen molar-refractivity contribution < 1.29 is 9.84 Å². The number of para-hydroxylation sites is 1. The molecule has 0 radical (unpaired) electrons. The predicted octanol–water partition coefficient (Wildman–Crippen LogP) is 2.89. The van der Waals surface area contributed by atoms with Crippen molar-refractivity contribution in [3.8, 4) is 11.5 Å². The zero-order chi connectivity index (χ0) is 17.1. The highest BCUT2D eigenvalue weighted by atomic mass is 16.5. The standard InChI is InChI=1S/C18H20N4O2/c1-21(14-8-6-9-15(12-14)24-3)18-20-19-17(22(18)2)11-13-7-4-5-10-16(13)23/h4-10,12,23H,11H2,1-3H3. The third-order valence-corrected chi connectivity index (χ3v) is 4.02. The molecule has 0 spiro atoms. The largest absolute Gasteiger partial charge is 0.508 e. The molecule has 0 fully saturated rings. The Morgan fingerprint density at radius 2 is 1.92 bits per heavy atom. The topological polar surface area (TPSA) is 63.4 Å². The van der Waals surface area contributed by atoms with Crippen LogP contribution in [0.5, 0.6) is 11.5 Å². The second kappa shape index (κ2) is 6.62. The van der Waals surface area contributed by atoms with Crippen LogP contribution in [-0.4, -0.2) is 34.0 Å². The molecule has 6 heteroatoms. The molecule has 124 valence electrons. The fraction of sp³-hybridized carbons (Fsp3) is 0.222. The normalized spacial score (nSPS) is 10.6. The van der Waals surface area contributed by atoms with Gasteiger partial charge in [0, 0.05) is 37.8 Å². The lowest BCUT2D eigenvalue weighted by atomic mass is 10.1. The second-order valence-corrected chi connectivity index (χ2v) is 5.54. The number of ether oxygens (including phenoxy) is 1. The van der Waals surface area contributed by atoms with Crippen LogP contribution in [0.1, 0.15) is 11.4 Å². The van der Waals surface area contributed by atoms with Gasteiger partial charge in [-0.2, -0.15) is 0 Å². The number of phenolic OH excluding ortho intramolecular Hbond substituents is 1. The molecule has 0 amide bonds. The molecule has 1 N–H and O–H groups in total. The summed E-state index contributed by atoms with van der Waals surface area (Å²) in [5, 5.41) is 18.5. The van der Waals surface area contributed by atoms with Crippen molar-refractivity contribution in [2.24, 2.45) is 7.05 Å². The summed E-state index contributed by atoms with van der Waals surface area (Å²) < 4.78 is 7.19. The van der Waals surface area contributed by atoms with Gasteiger partial charge in [0.05, 0.1) is 7.11 Å². The Hall–Kier alpha value is -3.02. The van der Waals surface area contributed by atoms with Gasteiger partial charge in [0.2, 0.25) is 5.95 Å². The molecule has 0 aliphatic rings. The van der Waals surface area contributed by atoms with Crippen LogP contribution >= 0.6 is 0 Å². The van der Waals surface area contributed by atoms with Crippen LogP contribution in [-0.2, 0) is 13.5 Å². The van der Waals surface area contributed by atoms with Crippen LogP contribution in [0, 0.1) is 0 Å². The number of hydrogen-bond donors (Lipinski definition) is 1. The van der Waals surface area contributed by atoms with E-state index in [9.17, 15) is 5.11 Å². The second-order valence-electron chi connectivity index (χ2n) is 5.54. The molecule has 0 unspecified atom stereocenters. The smallest absolute Gasteiger partial charge is 0.231 e. The van der Waals surface area contributed by atoms with Gasteiger partial charge in [-0.25, -0.2) is 0 Å². The zero-order valence-electron chi connectivity index (χ0n) is 14.0. The third-order valence-electron chi connectivity index (χ3n) is 4.02. The molecular formula is C18H20N4O2. The molecular weight excluding hydrogens is 304 g/mol. The minimum absolute atomic E-state index is 0.267. The summed E-state index contributed by atoms with van der Waals surface area (Å²) >= 11 is 0. The number of anilines is 2. The summed E-state index contributed by atoms with van der Waals surface area (Å²) in [7, 11) is 5.50. The number of benzene rings is 2. The molecule has 0 aliphatic carbocycles. The van der Waals surface area contributed by atoms with Crippen molar-refractivity contribution in [3.05, 3.63) is 59.9 Å². The van der Waals surface area contributed by atoms with Gasteiger partial charge in [-0.1, -0.05) is 24.3 Å². The van der Waals surface area contributed by atoms with E-state index in [2.05, 4.69) is 10.2 Å². The Bertz CT molecular complexity index is 845. The minimum atomic E-state index is 0.267. The number of aromatic hydroxyl groups is 1. The summed E-state index contributed by atoms with van der Waals surface area (Å²) in [5.74, 6) is 2.55. The molecule has 0 atom stereocenters.